The van der Waals surface area contributed by atoms with Crippen LogP contribution >= 0.6 is 0 Å². The van der Waals surface area contributed by atoms with Gasteiger partial charge in [-0.2, -0.15) is 18.2 Å². The summed E-state index contributed by atoms with van der Waals surface area (Å²) in [6, 6.07) is 8.84. The molecule has 0 unspecified atom stereocenters. The highest BCUT2D eigenvalue weighted by molar-refractivity contribution is 5.67. The van der Waals surface area contributed by atoms with Crippen LogP contribution in [0.25, 0.3) is 11.2 Å². The molecule has 0 aliphatic heterocycles. The van der Waals surface area contributed by atoms with Crippen molar-refractivity contribution >= 4 is 11.2 Å². The van der Waals surface area contributed by atoms with Gasteiger partial charge in [-0.15, -0.1) is 0 Å². The first kappa shape index (κ1) is 19.5. The Morgan fingerprint density at radius 2 is 1.67 bits per heavy atom. The minimum atomic E-state index is -4.45. The first-order chi connectivity index (χ1) is 14.5. The number of aromatic nitrogens is 5. The zero-order valence-corrected chi connectivity index (χ0v) is 15.4. The third kappa shape index (κ3) is 4.77. The van der Waals surface area contributed by atoms with Gasteiger partial charge < -0.3 is 9.47 Å². The van der Waals surface area contributed by atoms with Crippen molar-refractivity contribution in [2.24, 2.45) is 0 Å². The van der Waals surface area contributed by atoms with E-state index >= 15 is 0 Å². The second-order valence-electron chi connectivity index (χ2n) is 6.14. The number of alkyl halides is 3. The van der Waals surface area contributed by atoms with E-state index < -0.39 is 11.7 Å². The van der Waals surface area contributed by atoms with E-state index in [2.05, 4.69) is 24.9 Å². The molecule has 1 aromatic carbocycles. The molecule has 152 valence electrons. The maximum Gasteiger partial charge on any atom is 0.416 e. The van der Waals surface area contributed by atoms with E-state index in [1.807, 2.05) is 0 Å². The molecule has 3 heterocycles. The maximum atomic E-state index is 12.8. The molecule has 0 saturated heterocycles. The minimum absolute atomic E-state index is 0.127. The Balaban J connectivity index is 1.33. The highest BCUT2D eigenvalue weighted by atomic mass is 19.4. The van der Waals surface area contributed by atoms with Crippen LogP contribution in [0.4, 0.5) is 13.2 Å². The molecular weight excluding hydrogens is 399 g/mol. The lowest BCUT2D eigenvalue weighted by atomic mass is 10.1. The van der Waals surface area contributed by atoms with Gasteiger partial charge in [0.25, 0.3) is 0 Å². The van der Waals surface area contributed by atoms with Gasteiger partial charge in [0.1, 0.15) is 11.3 Å². The molecule has 10 heteroatoms. The van der Waals surface area contributed by atoms with E-state index in [-0.39, 0.29) is 11.9 Å². The van der Waals surface area contributed by atoms with Gasteiger partial charge in [0.2, 0.25) is 5.88 Å². The lowest BCUT2D eigenvalue weighted by Crippen LogP contribution is -2.05. The highest BCUT2D eigenvalue weighted by Gasteiger charge is 2.31. The number of benzene rings is 1. The summed E-state index contributed by atoms with van der Waals surface area (Å²) >= 11 is 0. The predicted molar refractivity (Wildman–Crippen MR) is 100 cm³/mol. The summed E-state index contributed by atoms with van der Waals surface area (Å²) in [5, 5.41) is 0. The van der Waals surface area contributed by atoms with Crippen molar-refractivity contribution in [1.82, 2.24) is 24.9 Å². The number of ether oxygens (including phenoxy) is 2. The van der Waals surface area contributed by atoms with Crippen LogP contribution in [0.2, 0.25) is 0 Å². The Kier molecular flexibility index (Phi) is 5.38. The smallest absolute Gasteiger partial charge is 0.416 e. The SMILES string of the molecule is FC(F)(F)c1ccnc(Oc2ccc(CCOc3ncc4nccnc4n3)cc2)c1. The molecule has 0 saturated carbocycles. The third-order valence-electron chi connectivity index (χ3n) is 4.03. The average molecular weight is 413 g/mol. The molecule has 3 aromatic heterocycles. The van der Waals surface area contributed by atoms with Gasteiger partial charge in [0.05, 0.1) is 18.4 Å². The van der Waals surface area contributed by atoms with Crippen LogP contribution in [0.1, 0.15) is 11.1 Å². The Hall–Kier alpha value is -3.82. The summed E-state index contributed by atoms with van der Waals surface area (Å²) < 4.78 is 49.3. The van der Waals surface area contributed by atoms with Crippen LogP contribution in [0.5, 0.6) is 17.6 Å². The van der Waals surface area contributed by atoms with Gasteiger partial charge in [-0.25, -0.2) is 19.9 Å². The van der Waals surface area contributed by atoms with Gasteiger partial charge in [-0.05, 0) is 23.8 Å². The molecule has 4 rings (SSSR count). The second kappa shape index (κ2) is 8.27. The fraction of sp³-hybridized carbons (Fsp3) is 0.150. The summed E-state index contributed by atoms with van der Waals surface area (Å²) in [6.45, 7) is 0.334. The number of hydrogen-bond acceptors (Lipinski definition) is 7. The van der Waals surface area contributed by atoms with Crippen molar-refractivity contribution < 1.29 is 22.6 Å². The van der Waals surface area contributed by atoms with Crippen LogP contribution in [0, 0.1) is 0 Å². The Morgan fingerprint density at radius 1 is 0.867 bits per heavy atom. The molecule has 0 amide bonds. The Bertz CT molecular complexity index is 1150. The van der Waals surface area contributed by atoms with Crippen molar-refractivity contribution in [3.8, 4) is 17.6 Å². The quantitative estimate of drug-likeness (QED) is 0.467. The standard InChI is InChI=1S/C20H14F3N5O2/c21-20(22,23)14-5-7-25-17(11-14)30-15-3-1-13(2-4-15)6-10-29-19-27-12-16-18(28-19)26-9-8-24-16/h1-5,7-9,11-12H,6,10H2. The van der Waals surface area contributed by atoms with Gasteiger partial charge in [0.15, 0.2) is 5.65 Å². The molecule has 7 nitrogen and oxygen atoms in total. The molecule has 0 fully saturated rings. The molecule has 0 N–H and O–H groups in total. The third-order valence-corrected chi connectivity index (χ3v) is 4.03. The van der Waals surface area contributed by atoms with Gasteiger partial charge in [-0.3, -0.25) is 0 Å². The number of nitrogens with zero attached hydrogens (tertiary/aromatic N) is 5. The second-order valence-corrected chi connectivity index (χ2v) is 6.14. The van der Waals surface area contributed by atoms with E-state index in [4.69, 9.17) is 9.47 Å². The molecule has 30 heavy (non-hydrogen) atoms. The predicted octanol–water partition coefficient (Wildman–Crippen LogP) is 4.25. The van der Waals surface area contributed by atoms with Gasteiger partial charge in [-0.1, -0.05) is 12.1 Å². The van der Waals surface area contributed by atoms with E-state index in [1.165, 1.54) is 6.20 Å². The van der Waals surface area contributed by atoms with Crippen LogP contribution in [0.3, 0.4) is 0 Å². The van der Waals surface area contributed by atoms with E-state index in [1.54, 1.807) is 36.7 Å². The summed E-state index contributed by atoms with van der Waals surface area (Å²) in [7, 11) is 0. The van der Waals surface area contributed by atoms with Crippen molar-refractivity contribution in [3.63, 3.8) is 0 Å². The monoisotopic (exact) mass is 413 g/mol. The molecule has 0 bridgehead atoms. The molecule has 0 aliphatic carbocycles. The van der Waals surface area contributed by atoms with Gasteiger partial charge >= 0.3 is 12.2 Å². The fourth-order valence-electron chi connectivity index (χ4n) is 2.57. The molecule has 0 radical (unpaired) electrons. The van der Waals surface area contributed by atoms with Crippen LogP contribution in [0.15, 0.2) is 61.2 Å². The summed E-state index contributed by atoms with van der Waals surface area (Å²) in [6.07, 6.45) is 1.82. The molecule has 0 atom stereocenters. The number of rotatable bonds is 6. The Labute approximate surface area is 168 Å². The number of halogens is 3. The average Bonchev–Trinajstić information content (AvgIpc) is 2.74. The lowest BCUT2D eigenvalue weighted by molar-refractivity contribution is -0.137. The van der Waals surface area contributed by atoms with Crippen LogP contribution < -0.4 is 9.47 Å². The minimum Gasteiger partial charge on any atom is -0.463 e. The summed E-state index contributed by atoms with van der Waals surface area (Å²) in [5.41, 5.74) is 1.16. The fourth-order valence-corrected chi connectivity index (χ4v) is 2.57. The molecule has 0 aliphatic rings. The Morgan fingerprint density at radius 3 is 2.47 bits per heavy atom. The highest BCUT2D eigenvalue weighted by Crippen LogP contribution is 2.31. The van der Waals surface area contributed by atoms with E-state index in [9.17, 15) is 13.2 Å². The lowest BCUT2D eigenvalue weighted by Gasteiger charge is -2.09. The van der Waals surface area contributed by atoms with Crippen molar-refractivity contribution in [1.29, 1.82) is 0 Å². The topological polar surface area (TPSA) is 82.9 Å². The van der Waals surface area contributed by atoms with E-state index in [0.29, 0.717) is 29.9 Å². The first-order valence-corrected chi connectivity index (χ1v) is 8.84. The zero-order valence-electron chi connectivity index (χ0n) is 15.4. The number of pyridine rings is 1. The number of fused-ring (bicyclic) bond motifs is 1. The normalized spacial score (nSPS) is 11.4. The number of hydrogen-bond donors (Lipinski definition) is 0. The van der Waals surface area contributed by atoms with Crippen molar-refractivity contribution in [2.45, 2.75) is 12.6 Å². The van der Waals surface area contributed by atoms with Crippen LogP contribution in [-0.2, 0) is 12.6 Å². The molecule has 0 spiro atoms. The maximum absolute atomic E-state index is 12.8. The van der Waals surface area contributed by atoms with Gasteiger partial charge in [0, 0.05) is 31.1 Å². The van der Waals surface area contributed by atoms with E-state index in [0.717, 1.165) is 23.9 Å². The van der Waals surface area contributed by atoms with Crippen LogP contribution in [-0.4, -0.2) is 31.5 Å². The molecule has 4 aromatic rings. The largest absolute Gasteiger partial charge is 0.463 e. The van der Waals surface area contributed by atoms with Crippen molar-refractivity contribution in [2.75, 3.05) is 6.61 Å². The molecular formula is C20H14F3N5O2. The first-order valence-electron chi connectivity index (χ1n) is 8.84. The summed E-state index contributed by atoms with van der Waals surface area (Å²) in [5.74, 6) is 0.250. The van der Waals surface area contributed by atoms with Crippen molar-refractivity contribution in [3.05, 3.63) is 72.3 Å². The zero-order chi connectivity index (χ0) is 21.0. The summed E-state index contributed by atoms with van der Waals surface area (Å²) in [4.78, 5) is 20.3.